The van der Waals surface area contributed by atoms with Gasteiger partial charge in [0.05, 0.1) is 22.0 Å². The highest BCUT2D eigenvalue weighted by Crippen LogP contribution is 2.41. The van der Waals surface area contributed by atoms with Crippen LogP contribution in [0.1, 0.15) is 19.4 Å². The van der Waals surface area contributed by atoms with E-state index in [1.165, 1.54) is 17.1 Å². The number of ether oxygens (including phenoxy) is 4. The van der Waals surface area contributed by atoms with Gasteiger partial charge in [-0.1, -0.05) is 0 Å². The highest BCUT2D eigenvalue weighted by molar-refractivity contribution is 6.27. The lowest BCUT2D eigenvalue weighted by Crippen LogP contribution is -2.21. The lowest BCUT2D eigenvalue weighted by atomic mass is 10.1. The molecule has 0 unspecified atom stereocenters. The third-order valence-electron chi connectivity index (χ3n) is 4.51. The first-order valence-corrected chi connectivity index (χ1v) is 9.79. The summed E-state index contributed by atoms with van der Waals surface area (Å²) in [4.78, 5) is 21.9. The first kappa shape index (κ1) is 22.8. The summed E-state index contributed by atoms with van der Waals surface area (Å²) < 4.78 is 20.9. The topological polar surface area (TPSA) is 113 Å². The molecule has 2 aliphatic rings. The second-order valence-electron chi connectivity index (χ2n) is 6.62. The van der Waals surface area contributed by atoms with Crippen LogP contribution in [-0.2, 0) is 9.53 Å². The monoisotopic (exact) mass is 441 g/mol. The van der Waals surface area contributed by atoms with E-state index in [1.54, 1.807) is 44.4 Å². The number of nitrogens with zero attached hydrogens (tertiary/aromatic N) is 3. The van der Waals surface area contributed by atoms with Crippen molar-refractivity contribution in [1.82, 2.24) is 0 Å². The van der Waals surface area contributed by atoms with Crippen molar-refractivity contribution in [3.63, 3.8) is 0 Å². The van der Waals surface area contributed by atoms with Crippen molar-refractivity contribution >= 4 is 29.1 Å². The lowest BCUT2D eigenvalue weighted by Gasteiger charge is -2.27. The number of nitro groups is 1. The summed E-state index contributed by atoms with van der Waals surface area (Å²) >= 11 is 0. The van der Waals surface area contributed by atoms with Crippen molar-refractivity contribution in [3.8, 4) is 17.2 Å². The predicted molar refractivity (Wildman–Crippen MR) is 118 cm³/mol. The van der Waals surface area contributed by atoms with E-state index in [0.29, 0.717) is 40.5 Å². The number of non-ortho nitro benzene ring substituents is 1. The Balaban J connectivity index is 0.000000668. The van der Waals surface area contributed by atoms with Crippen molar-refractivity contribution in [2.45, 2.75) is 13.8 Å². The van der Waals surface area contributed by atoms with Crippen LogP contribution < -0.4 is 19.2 Å². The molecule has 2 aromatic rings. The fourth-order valence-corrected chi connectivity index (χ4v) is 2.93. The Morgan fingerprint density at radius 2 is 1.91 bits per heavy atom. The van der Waals surface area contributed by atoms with Crippen LogP contribution in [0.2, 0.25) is 0 Å². The number of hydrogen-bond donors (Lipinski definition) is 0. The van der Waals surface area contributed by atoms with Gasteiger partial charge >= 0.3 is 0 Å². The van der Waals surface area contributed by atoms with E-state index < -0.39 is 4.92 Å². The van der Waals surface area contributed by atoms with Gasteiger partial charge in [0.25, 0.3) is 5.69 Å². The van der Waals surface area contributed by atoms with E-state index in [2.05, 4.69) is 9.84 Å². The molecule has 32 heavy (non-hydrogen) atoms. The number of fused-ring (bicyclic) bond motifs is 2. The first-order chi connectivity index (χ1) is 15.5. The molecule has 0 aromatic heterocycles. The molecule has 0 aliphatic carbocycles. The van der Waals surface area contributed by atoms with E-state index in [0.717, 1.165) is 6.61 Å². The van der Waals surface area contributed by atoms with Gasteiger partial charge in [0.1, 0.15) is 12.4 Å². The fourth-order valence-electron chi connectivity index (χ4n) is 2.93. The van der Waals surface area contributed by atoms with Crippen molar-refractivity contribution < 1.29 is 28.7 Å². The van der Waals surface area contributed by atoms with Crippen molar-refractivity contribution in [3.05, 3.63) is 58.2 Å². The molecule has 10 nitrogen and oxygen atoms in total. The maximum absolute atomic E-state index is 11.2. The molecule has 2 aliphatic heterocycles. The van der Waals surface area contributed by atoms with Crippen molar-refractivity contribution in [2.75, 3.05) is 32.1 Å². The average molecular weight is 441 g/mol. The molecule has 10 heteroatoms. The summed E-state index contributed by atoms with van der Waals surface area (Å²) in [5.41, 5.74) is 1.83. The first-order valence-electron chi connectivity index (χ1n) is 9.79. The summed E-state index contributed by atoms with van der Waals surface area (Å²) in [6.45, 7) is 4.74. The normalized spacial score (nSPS) is 13.7. The van der Waals surface area contributed by atoms with Crippen LogP contribution in [0, 0.1) is 10.1 Å². The van der Waals surface area contributed by atoms with Gasteiger partial charge in [-0.2, -0.15) is 5.10 Å². The van der Waals surface area contributed by atoms with Crippen LogP contribution in [0.3, 0.4) is 0 Å². The zero-order valence-corrected chi connectivity index (χ0v) is 17.9. The zero-order valence-electron chi connectivity index (χ0n) is 17.9. The van der Waals surface area contributed by atoms with E-state index in [1.807, 2.05) is 6.92 Å². The highest BCUT2D eigenvalue weighted by Gasteiger charge is 2.25. The minimum atomic E-state index is -0.475. The Morgan fingerprint density at radius 3 is 2.59 bits per heavy atom. The predicted octanol–water partition coefficient (Wildman–Crippen LogP) is 3.79. The summed E-state index contributed by atoms with van der Waals surface area (Å²) in [6, 6.07) is 9.59. The fraction of sp³-hybridized carbons (Fsp3) is 0.273. The summed E-state index contributed by atoms with van der Waals surface area (Å²) in [5, 5.41) is 17.1. The maximum atomic E-state index is 11.2. The van der Waals surface area contributed by atoms with Crippen molar-refractivity contribution in [1.29, 1.82) is 0 Å². The molecule has 2 aromatic carbocycles. The minimum absolute atomic E-state index is 0.0723. The lowest BCUT2D eigenvalue weighted by molar-refractivity contribution is -0.384. The van der Waals surface area contributed by atoms with Crippen LogP contribution in [-0.4, -0.2) is 44.0 Å². The van der Waals surface area contributed by atoms with Gasteiger partial charge in [-0.3, -0.25) is 14.9 Å². The van der Waals surface area contributed by atoms with E-state index in [-0.39, 0.29) is 24.8 Å². The van der Waals surface area contributed by atoms with Crippen LogP contribution >= 0.6 is 0 Å². The number of nitro benzene ring substituents is 1. The third kappa shape index (κ3) is 5.03. The molecule has 0 saturated heterocycles. The average Bonchev–Trinajstić information content (AvgIpc) is 3.29. The minimum Gasteiger partial charge on any atom is -0.489 e. The molecule has 0 spiro atoms. The number of carbonyl (C=O) groups excluding carboxylic acids is 1. The number of benzene rings is 2. The van der Waals surface area contributed by atoms with Gasteiger partial charge in [0.2, 0.25) is 6.79 Å². The van der Waals surface area contributed by atoms with Crippen LogP contribution in [0.5, 0.6) is 17.2 Å². The molecule has 0 N–H and O–H groups in total. The second kappa shape index (κ2) is 10.4. The molecule has 0 fully saturated rings. The Bertz CT molecular complexity index is 1060. The SMILES string of the molecule is C/C(C=O)=N\N(C1=CCOc2ccc([N+](=O)[O-])cc21)c1ccc2c(c1)OCO2.CCOC. The van der Waals surface area contributed by atoms with Gasteiger partial charge in [-0.25, -0.2) is 5.01 Å². The molecular weight excluding hydrogens is 418 g/mol. The standard InChI is InChI=1S/C19H15N3O6.C3H8O/c1-12(10-23)20-21(13-2-5-18-19(9-13)28-11-27-18)16-6-7-26-17-4-3-14(22(24)25)8-15(16)17;1-3-4-2/h2-6,8-10H,7,11H2,1H3;3H2,1-2H3/b20-12+;. The molecule has 4 rings (SSSR count). The van der Waals surface area contributed by atoms with E-state index in [4.69, 9.17) is 14.2 Å². The Morgan fingerprint density at radius 1 is 1.19 bits per heavy atom. The molecular formula is C22H23N3O7. The quantitative estimate of drug-likeness (QED) is 0.288. The molecule has 0 saturated carbocycles. The summed E-state index contributed by atoms with van der Waals surface area (Å²) in [6.07, 6.45) is 2.38. The molecule has 168 valence electrons. The third-order valence-corrected chi connectivity index (χ3v) is 4.51. The van der Waals surface area contributed by atoms with Gasteiger partial charge in [-0.05, 0) is 38.1 Å². The van der Waals surface area contributed by atoms with Crippen LogP contribution in [0.4, 0.5) is 11.4 Å². The number of aldehydes is 1. The molecule has 2 heterocycles. The molecule has 0 bridgehead atoms. The summed E-state index contributed by atoms with van der Waals surface area (Å²) in [5.74, 6) is 1.65. The Labute approximate surface area is 184 Å². The van der Waals surface area contributed by atoms with Gasteiger partial charge < -0.3 is 18.9 Å². The summed E-state index contributed by atoms with van der Waals surface area (Å²) in [7, 11) is 1.68. The van der Waals surface area contributed by atoms with E-state index in [9.17, 15) is 14.9 Å². The van der Waals surface area contributed by atoms with Crippen LogP contribution in [0.25, 0.3) is 5.70 Å². The second-order valence-corrected chi connectivity index (χ2v) is 6.62. The van der Waals surface area contributed by atoms with Gasteiger partial charge in [0.15, 0.2) is 17.8 Å². The highest BCUT2D eigenvalue weighted by atomic mass is 16.7. The number of hydrazone groups is 1. The number of anilines is 1. The maximum Gasteiger partial charge on any atom is 0.270 e. The zero-order chi connectivity index (χ0) is 23.1. The Kier molecular flexibility index (Phi) is 7.40. The number of hydrogen-bond acceptors (Lipinski definition) is 9. The molecule has 0 atom stereocenters. The number of methoxy groups -OCH3 is 1. The number of rotatable bonds is 6. The molecule has 0 radical (unpaired) electrons. The van der Waals surface area contributed by atoms with Gasteiger partial charge in [0, 0.05) is 37.5 Å². The van der Waals surface area contributed by atoms with Gasteiger partial charge in [-0.15, -0.1) is 0 Å². The number of carbonyl (C=O) groups is 1. The largest absolute Gasteiger partial charge is 0.489 e. The van der Waals surface area contributed by atoms with Crippen LogP contribution in [0.15, 0.2) is 47.6 Å². The molecule has 0 amide bonds. The van der Waals surface area contributed by atoms with Crippen molar-refractivity contribution in [2.24, 2.45) is 5.10 Å². The Hall–Kier alpha value is -3.92. The van der Waals surface area contributed by atoms with E-state index >= 15 is 0 Å². The smallest absolute Gasteiger partial charge is 0.270 e.